The van der Waals surface area contributed by atoms with Crippen LogP contribution >= 0.6 is 0 Å². The molecule has 0 aliphatic rings. The van der Waals surface area contributed by atoms with Gasteiger partial charge in [-0.2, -0.15) is 4.72 Å². The van der Waals surface area contributed by atoms with Crippen molar-refractivity contribution in [1.82, 2.24) is 40.1 Å². The number of sulfonamides is 1. The van der Waals surface area contributed by atoms with Crippen LogP contribution in [0.3, 0.4) is 0 Å². The summed E-state index contributed by atoms with van der Waals surface area (Å²) in [4.78, 5) is 83.8. The van der Waals surface area contributed by atoms with Crippen LogP contribution in [0.2, 0.25) is 0 Å². The highest BCUT2D eigenvalue weighted by molar-refractivity contribution is 7.89. The summed E-state index contributed by atoms with van der Waals surface area (Å²) in [6.07, 6.45) is 6.04. The number of carbonyl (C=O) groups is 5. The fourth-order valence-corrected chi connectivity index (χ4v) is 11.9. The Morgan fingerprint density at radius 1 is 0.694 bits per heavy atom. The Morgan fingerprint density at radius 2 is 1.25 bits per heavy atom. The quantitative estimate of drug-likeness (QED) is 0.0151. The average Bonchev–Trinajstić information content (AvgIpc) is 1.85. The number of hydrogen-bond acceptors (Lipinski definition) is 13. The smallest absolute Gasteiger partial charge is 0.407 e. The third-order valence-electron chi connectivity index (χ3n) is 13.9. The van der Waals surface area contributed by atoms with E-state index in [1.54, 1.807) is 69.6 Å². The van der Waals surface area contributed by atoms with Gasteiger partial charge in [0.1, 0.15) is 22.7 Å². The van der Waals surface area contributed by atoms with Gasteiger partial charge in [-0.3, -0.25) is 28.5 Å². The van der Waals surface area contributed by atoms with E-state index in [9.17, 15) is 37.2 Å². The number of alkyl carbamates (subject to hydrolysis) is 1. The number of hydrogen-bond donors (Lipinski definition) is 6. The molecule has 0 unspecified atom stereocenters. The Morgan fingerprint density at radius 3 is 1.80 bits per heavy atom. The third-order valence-corrected chi connectivity index (χ3v) is 15.7. The number of aryl methyl sites for hydroxylation is 4. The largest absolute Gasteiger partial charge is 0.468 e. The normalized spacial score (nSPS) is 12.0. The van der Waals surface area contributed by atoms with Crippen molar-refractivity contribution in [3.05, 3.63) is 195 Å². The van der Waals surface area contributed by atoms with Gasteiger partial charge in [-0.15, -0.1) is 0 Å². The molecule has 2 heterocycles. The molecule has 7 aromatic rings. The number of imidazole rings is 1. The summed E-state index contributed by atoms with van der Waals surface area (Å²) in [6, 6.07) is 37.8. The molecule has 21 heteroatoms. The number of anilines is 1. The van der Waals surface area contributed by atoms with E-state index < -0.39 is 57.1 Å². The summed E-state index contributed by atoms with van der Waals surface area (Å²) in [5, 5.41) is 14.7. The van der Waals surface area contributed by atoms with Gasteiger partial charge in [-0.05, 0) is 106 Å². The summed E-state index contributed by atoms with van der Waals surface area (Å²) < 4.78 is 49.5. The lowest BCUT2D eigenvalue weighted by molar-refractivity contribution is -0.142. The van der Waals surface area contributed by atoms with Gasteiger partial charge in [0.05, 0.1) is 17.5 Å². The lowest BCUT2D eigenvalue weighted by Gasteiger charge is -2.38. The molecule has 1 atom stereocenters. The minimum Gasteiger partial charge on any atom is -0.468 e. The van der Waals surface area contributed by atoms with Crippen molar-refractivity contribution in [3.8, 4) is 0 Å². The predicted molar refractivity (Wildman–Crippen MR) is 326 cm³/mol. The molecule has 20 nitrogen and oxygen atoms in total. The maximum atomic E-state index is 14.4. The number of aromatic nitrogens is 3. The first kappa shape index (κ1) is 63.9. The van der Waals surface area contributed by atoms with Crippen LogP contribution in [-0.2, 0) is 57.2 Å². The van der Waals surface area contributed by atoms with Gasteiger partial charge in [0, 0.05) is 89.3 Å². The number of benzene rings is 5. The van der Waals surface area contributed by atoms with Crippen LogP contribution in [-0.4, -0.2) is 110 Å². The molecular weight excluding hydrogens is 1100 g/mol. The lowest BCUT2D eigenvalue weighted by atomic mass is 9.76. The Kier molecular flexibility index (Phi) is 22.4. The molecule has 0 radical (unpaired) electrons. The number of esters is 1. The number of nitrogens with zero attached hydrogens (tertiary/aromatic N) is 3. The van der Waals surface area contributed by atoms with Crippen LogP contribution in [0.1, 0.15) is 102 Å². The van der Waals surface area contributed by atoms with Crippen LogP contribution in [0.15, 0.2) is 150 Å². The SMILES string of the molecule is COC(=O)[C@H](CNC(=O)c1cn(CCCNC(=O)CCC(=O)NCCCOCCCNC(=O)OC(C)(C)C)c2cc(CNc3nccn3C(c3ccccc3)(c3ccccc3)c3ccccc3)ccc2c1=O)NS(=O)(=O)c1c(C)cc(C)cc1C. The van der Waals surface area contributed by atoms with Crippen LogP contribution in [0.25, 0.3) is 10.9 Å². The van der Waals surface area contributed by atoms with E-state index in [2.05, 4.69) is 72.3 Å². The number of pyridine rings is 1. The summed E-state index contributed by atoms with van der Waals surface area (Å²) >= 11 is 0. The molecule has 85 heavy (non-hydrogen) atoms. The Hall–Kier alpha value is -8.66. The zero-order valence-corrected chi connectivity index (χ0v) is 50.1. The number of ether oxygens (including phenoxy) is 3. The molecule has 450 valence electrons. The molecule has 0 fully saturated rings. The number of fused-ring (bicyclic) bond motifs is 1. The van der Waals surface area contributed by atoms with E-state index in [1.165, 1.54) is 6.20 Å². The molecule has 4 amide bonds. The number of rotatable bonds is 29. The predicted octanol–water partition coefficient (Wildman–Crippen LogP) is 7.55. The van der Waals surface area contributed by atoms with Gasteiger partial charge in [0.25, 0.3) is 5.91 Å². The van der Waals surface area contributed by atoms with Crippen molar-refractivity contribution in [2.75, 3.05) is 51.8 Å². The molecule has 0 aliphatic carbocycles. The number of amides is 4. The minimum atomic E-state index is -4.31. The van der Waals surface area contributed by atoms with Crippen molar-refractivity contribution in [3.63, 3.8) is 0 Å². The zero-order chi connectivity index (χ0) is 61.2. The van der Waals surface area contributed by atoms with E-state index in [1.807, 2.05) is 73.8 Å². The van der Waals surface area contributed by atoms with Gasteiger partial charge < -0.3 is 45.4 Å². The molecule has 6 N–H and O–H groups in total. The van der Waals surface area contributed by atoms with Crippen LogP contribution in [0.5, 0.6) is 0 Å². The van der Waals surface area contributed by atoms with E-state index in [0.717, 1.165) is 34.9 Å². The van der Waals surface area contributed by atoms with Crippen molar-refractivity contribution in [1.29, 1.82) is 0 Å². The van der Waals surface area contributed by atoms with Crippen molar-refractivity contribution in [2.45, 2.75) is 109 Å². The molecule has 2 aromatic heterocycles. The standard InChI is InChI=1S/C64H77N9O11S/c1-44-38-45(2)58(46(3)39-44)85(80,81)71-53(60(78)82-7)42-69-59(77)52-43-72(34-17-30-65-55(74)28-29-56(75)66-31-18-36-83-37-19-32-68-62(79)84-63(4,5)6)54-40-47(26-27-51(54)57(52)76)41-70-61-67-33-35-73(61)64(48-20-11-8-12-21-48,49-22-13-9-14-23-49)50-24-15-10-16-25-50/h8-16,20-27,33,35,38-40,43,53,71H,17-19,28-32,34,36-37,41-42H2,1-7H3,(H,65,74)(H,66,75)(H,67,70)(H,68,79)(H,69,77)/t53-/m0/s1. The molecule has 5 aromatic carbocycles. The monoisotopic (exact) mass is 1180 g/mol. The van der Waals surface area contributed by atoms with E-state index in [0.29, 0.717) is 68.2 Å². The molecule has 0 aliphatic heterocycles. The Labute approximate surface area is 496 Å². The second-order valence-electron chi connectivity index (χ2n) is 21.6. The second-order valence-corrected chi connectivity index (χ2v) is 23.3. The van der Waals surface area contributed by atoms with E-state index in [4.69, 9.17) is 19.2 Å². The number of carbonyl (C=O) groups excluding carboxylic acids is 5. The summed E-state index contributed by atoms with van der Waals surface area (Å²) in [5.74, 6) is -1.88. The minimum absolute atomic E-state index is 0.00830. The highest BCUT2D eigenvalue weighted by Gasteiger charge is 2.40. The highest BCUT2D eigenvalue weighted by Crippen LogP contribution is 2.42. The molecule has 0 spiro atoms. The summed E-state index contributed by atoms with van der Waals surface area (Å²) in [5.41, 5.74) is 3.76. The van der Waals surface area contributed by atoms with Gasteiger partial charge in [-0.1, -0.05) is 115 Å². The fourth-order valence-electron chi connectivity index (χ4n) is 10.2. The maximum Gasteiger partial charge on any atom is 0.407 e. The number of nitrogens with one attached hydrogen (secondary N) is 6. The summed E-state index contributed by atoms with van der Waals surface area (Å²) in [7, 11) is -3.21. The fraction of sp³-hybridized carbons (Fsp3) is 0.359. The first-order chi connectivity index (χ1) is 40.7. The van der Waals surface area contributed by atoms with E-state index in [-0.39, 0.29) is 60.1 Å². The van der Waals surface area contributed by atoms with Gasteiger partial charge in [-0.25, -0.2) is 18.2 Å². The van der Waals surface area contributed by atoms with Crippen LogP contribution in [0, 0.1) is 20.8 Å². The topological polar surface area (TPSA) is 259 Å². The van der Waals surface area contributed by atoms with Crippen LogP contribution in [0.4, 0.5) is 10.7 Å². The Bertz CT molecular complexity index is 3490. The molecule has 7 rings (SSSR count). The van der Waals surface area contributed by atoms with Crippen molar-refractivity contribution >= 4 is 56.7 Å². The van der Waals surface area contributed by atoms with Gasteiger partial charge >= 0.3 is 12.1 Å². The summed E-state index contributed by atoms with van der Waals surface area (Å²) in [6.45, 7) is 12.2. The molecular formula is C64H77N9O11S. The van der Waals surface area contributed by atoms with Gasteiger partial charge in [0.2, 0.25) is 33.2 Å². The molecule has 0 saturated heterocycles. The first-order valence-corrected chi connectivity index (χ1v) is 29.8. The Balaban J connectivity index is 1.06. The van der Waals surface area contributed by atoms with Crippen molar-refractivity contribution < 1.29 is 46.6 Å². The highest BCUT2D eigenvalue weighted by atomic mass is 32.2. The van der Waals surface area contributed by atoms with Gasteiger partial charge in [0.15, 0.2) is 0 Å². The van der Waals surface area contributed by atoms with E-state index >= 15 is 0 Å². The second kappa shape index (κ2) is 29.7. The van der Waals surface area contributed by atoms with Crippen LogP contribution < -0.4 is 36.7 Å². The maximum absolute atomic E-state index is 14.4. The average molecular weight is 1180 g/mol. The lowest BCUT2D eigenvalue weighted by Crippen LogP contribution is -2.49. The third kappa shape index (κ3) is 17.0. The molecule has 0 saturated carbocycles. The molecule has 0 bridgehead atoms. The van der Waals surface area contributed by atoms with Crippen molar-refractivity contribution in [2.24, 2.45) is 0 Å². The number of methoxy groups -OCH3 is 1. The first-order valence-electron chi connectivity index (χ1n) is 28.4. The zero-order valence-electron chi connectivity index (χ0n) is 49.3.